The van der Waals surface area contributed by atoms with Crippen molar-refractivity contribution in [2.24, 2.45) is 0 Å². The number of ether oxygens (including phenoxy) is 1. The first-order valence-electron chi connectivity index (χ1n) is 6.24. The molecule has 0 bridgehead atoms. The average Bonchev–Trinajstić information content (AvgIpc) is 2.95. The Balaban J connectivity index is 2.02. The maximum atomic E-state index is 11.9. The summed E-state index contributed by atoms with van der Waals surface area (Å²) in [6.45, 7) is -0.131. The van der Waals surface area contributed by atoms with E-state index in [1.807, 2.05) is 0 Å². The van der Waals surface area contributed by atoms with E-state index in [1.54, 1.807) is 24.3 Å². The number of furan rings is 1. The minimum Gasteiger partial charge on any atom is -0.454 e. The molecule has 0 N–H and O–H groups in total. The van der Waals surface area contributed by atoms with Crippen LogP contribution in [0.25, 0.3) is 0 Å². The zero-order chi connectivity index (χ0) is 16.3. The van der Waals surface area contributed by atoms with Gasteiger partial charge < -0.3 is 9.15 Å². The van der Waals surface area contributed by atoms with Crippen LogP contribution in [0.4, 0.5) is 0 Å². The van der Waals surface area contributed by atoms with E-state index < -0.39 is 16.0 Å². The SMILES string of the molecule is CN(C)S(=O)(=O)c1ccc(COC(=O)c2ccc(I)cc2)o1. The fourth-order valence-corrected chi connectivity index (χ4v) is 2.73. The van der Waals surface area contributed by atoms with E-state index in [-0.39, 0.29) is 17.5 Å². The number of rotatable bonds is 5. The number of hydrogen-bond acceptors (Lipinski definition) is 5. The van der Waals surface area contributed by atoms with Gasteiger partial charge in [0.15, 0.2) is 0 Å². The molecule has 1 aromatic carbocycles. The molecule has 2 rings (SSSR count). The van der Waals surface area contributed by atoms with Crippen LogP contribution in [0.15, 0.2) is 45.9 Å². The summed E-state index contributed by atoms with van der Waals surface area (Å²) in [5.74, 6) is -0.232. The summed E-state index contributed by atoms with van der Waals surface area (Å²) in [5.41, 5.74) is 0.424. The lowest BCUT2D eigenvalue weighted by Gasteiger charge is -2.07. The van der Waals surface area contributed by atoms with Crippen molar-refractivity contribution in [3.8, 4) is 0 Å². The normalized spacial score (nSPS) is 11.6. The van der Waals surface area contributed by atoms with Crippen molar-refractivity contribution in [3.05, 3.63) is 51.3 Å². The molecule has 0 unspecified atom stereocenters. The van der Waals surface area contributed by atoms with Gasteiger partial charge in [0.2, 0.25) is 5.09 Å². The van der Waals surface area contributed by atoms with E-state index in [2.05, 4.69) is 22.6 Å². The first-order valence-corrected chi connectivity index (χ1v) is 8.76. The second kappa shape index (κ2) is 6.80. The van der Waals surface area contributed by atoms with Crippen molar-refractivity contribution < 1.29 is 22.4 Å². The minimum atomic E-state index is -3.63. The van der Waals surface area contributed by atoms with Gasteiger partial charge in [0.05, 0.1) is 5.56 Å². The van der Waals surface area contributed by atoms with Crippen molar-refractivity contribution in [3.63, 3.8) is 0 Å². The van der Waals surface area contributed by atoms with Crippen LogP contribution in [-0.4, -0.2) is 32.8 Å². The highest BCUT2D eigenvalue weighted by Gasteiger charge is 2.21. The zero-order valence-corrected chi connectivity index (χ0v) is 14.9. The Morgan fingerprint density at radius 2 is 1.82 bits per heavy atom. The summed E-state index contributed by atoms with van der Waals surface area (Å²) in [5, 5.41) is -0.183. The Morgan fingerprint density at radius 1 is 1.18 bits per heavy atom. The molecule has 0 fully saturated rings. The summed E-state index contributed by atoms with van der Waals surface area (Å²) >= 11 is 2.14. The van der Waals surface area contributed by atoms with E-state index in [1.165, 1.54) is 26.2 Å². The lowest BCUT2D eigenvalue weighted by Crippen LogP contribution is -2.21. The molecule has 22 heavy (non-hydrogen) atoms. The van der Waals surface area contributed by atoms with Crippen molar-refractivity contribution in [2.75, 3.05) is 14.1 Å². The smallest absolute Gasteiger partial charge is 0.338 e. The highest BCUT2D eigenvalue weighted by atomic mass is 127. The Morgan fingerprint density at radius 3 is 2.41 bits per heavy atom. The van der Waals surface area contributed by atoms with Gasteiger partial charge in [-0.1, -0.05) is 0 Å². The second-order valence-electron chi connectivity index (χ2n) is 4.59. The van der Waals surface area contributed by atoms with Crippen LogP contribution >= 0.6 is 22.6 Å². The topological polar surface area (TPSA) is 76.8 Å². The molecule has 1 aromatic heterocycles. The monoisotopic (exact) mass is 435 g/mol. The molecule has 0 aliphatic carbocycles. The predicted molar refractivity (Wildman–Crippen MR) is 87.9 cm³/mol. The van der Waals surface area contributed by atoms with Crippen LogP contribution in [0.3, 0.4) is 0 Å². The Kier molecular flexibility index (Phi) is 5.24. The highest BCUT2D eigenvalue weighted by molar-refractivity contribution is 14.1. The molecule has 118 valence electrons. The third-order valence-corrected chi connectivity index (χ3v) is 5.21. The molecule has 6 nitrogen and oxygen atoms in total. The number of benzene rings is 1. The van der Waals surface area contributed by atoms with Crippen LogP contribution in [-0.2, 0) is 21.4 Å². The number of carbonyl (C=O) groups is 1. The fraction of sp³-hybridized carbons (Fsp3) is 0.214. The quantitative estimate of drug-likeness (QED) is 0.533. The molecule has 0 amide bonds. The van der Waals surface area contributed by atoms with Gasteiger partial charge in [0, 0.05) is 17.7 Å². The van der Waals surface area contributed by atoms with Crippen LogP contribution in [0.2, 0.25) is 0 Å². The Labute approximate surface area is 142 Å². The van der Waals surface area contributed by atoms with Crippen LogP contribution < -0.4 is 0 Å². The van der Waals surface area contributed by atoms with Gasteiger partial charge >= 0.3 is 5.97 Å². The molecule has 2 aromatic rings. The summed E-state index contributed by atoms with van der Waals surface area (Å²) in [6, 6.07) is 9.72. The van der Waals surface area contributed by atoms with Crippen LogP contribution in [0.5, 0.6) is 0 Å². The summed E-state index contributed by atoms with van der Waals surface area (Å²) in [7, 11) is -0.804. The molecular formula is C14H14INO5S. The molecule has 0 saturated heterocycles. The molecule has 0 aliphatic heterocycles. The van der Waals surface area contributed by atoms with Crippen molar-refractivity contribution in [1.29, 1.82) is 0 Å². The molecule has 0 radical (unpaired) electrons. The number of esters is 1. The van der Waals surface area contributed by atoms with Gasteiger partial charge in [0.1, 0.15) is 12.4 Å². The van der Waals surface area contributed by atoms with Gasteiger partial charge in [-0.2, -0.15) is 0 Å². The largest absolute Gasteiger partial charge is 0.454 e. The molecule has 0 atom stereocenters. The van der Waals surface area contributed by atoms with Gasteiger partial charge in [-0.05, 0) is 59.0 Å². The van der Waals surface area contributed by atoms with Gasteiger partial charge in [0.25, 0.3) is 10.0 Å². The van der Waals surface area contributed by atoms with Gasteiger partial charge in [-0.3, -0.25) is 0 Å². The molecule has 8 heteroatoms. The summed E-state index contributed by atoms with van der Waals surface area (Å²) in [6.07, 6.45) is 0. The fourth-order valence-electron chi connectivity index (χ4n) is 1.56. The second-order valence-corrected chi connectivity index (χ2v) is 7.92. The Bertz CT molecular complexity index is 765. The van der Waals surface area contributed by atoms with Gasteiger partial charge in [-0.15, -0.1) is 0 Å². The standard InChI is InChI=1S/C14H14INO5S/c1-16(2)22(18,19)13-8-7-12(21-13)9-20-14(17)10-3-5-11(15)6-4-10/h3-8H,9H2,1-2H3. The molecule has 0 aliphatic rings. The lowest BCUT2D eigenvalue weighted by molar-refractivity contribution is 0.0440. The van der Waals surface area contributed by atoms with E-state index in [4.69, 9.17) is 9.15 Å². The van der Waals surface area contributed by atoms with Crippen molar-refractivity contribution >= 4 is 38.6 Å². The van der Waals surface area contributed by atoms with E-state index in [9.17, 15) is 13.2 Å². The van der Waals surface area contributed by atoms with Crippen LogP contribution in [0, 0.1) is 3.57 Å². The summed E-state index contributed by atoms with van der Waals surface area (Å²) < 4.78 is 36.1. The maximum absolute atomic E-state index is 11.9. The predicted octanol–water partition coefficient (Wildman–Crippen LogP) is 2.49. The average molecular weight is 435 g/mol. The third kappa shape index (κ3) is 3.87. The molecule has 1 heterocycles. The first kappa shape index (κ1) is 17.0. The number of hydrogen-bond donors (Lipinski definition) is 0. The van der Waals surface area contributed by atoms with Crippen LogP contribution in [0.1, 0.15) is 16.1 Å². The van der Waals surface area contributed by atoms with Gasteiger partial charge in [-0.25, -0.2) is 17.5 Å². The molecule has 0 saturated carbocycles. The van der Waals surface area contributed by atoms with E-state index >= 15 is 0 Å². The number of sulfonamides is 1. The lowest BCUT2D eigenvalue weighted by atomic mass is 10.2. The number of carbonyl (C=O) groups excluding carboxylic acids is 1. The number of halogens is 1. The molecular weight excluding hydrogens is 421 g/mol. The third-order valence-electron chi connectivity index (χ3n) is 2.80. The highest BCUT2D eigenvalue weighted by Crippen LogP contribution is 2.18. The van der Waals surface area contributed by atoms with Crippen molar-refractivity contribution in [1.82, 2.24) is 4.31 Å². The maximum Gasteiger partial charge on any atom is 0.338 e. The number of nitrogens with zero attached hydrogens (tertiary/aromatic N) is 1. The van der Waals surface area contributed by atoms with Crippen molar-refractivity contribution in [2.45, 2.75) is 11.7 Å². The van der Waals surface area contributed by atoms with E-state index in [0.717, 1.165) is 7.88 Å². The minimum absolute atomic E-state index is 0.131. The Hall–Kier alpha value is -1.39. The summed E-state index contributed by atoms with van der Waals surface area (Å²) in [4.78, 5) is 11.8. The first-order chi connectivity index (χ1) is 10.3. The zero-order valence-electron chi connectivity index (χ0n) is 11.9. The van der Waals surface area contributed by atoms with E-state index in [0.29, 0.717) is 5.56 Å². The molecule has 0 spiro atoms.